The average Bonchev–Trinajstić information content (AvgIpc) is 2.82. The van der Waals surface area contributed by atoms with Crippen molar-refractivity contribution in [3.63, 3.8) is 0 Å². The van der Waals surface area contributed by atoms with Crippen molar-refractivity contribution < 1.29 is 4.79 Å². The van der Waals surface area contributed by atoms with Crippen molar-refractivity contribution in [2.24, 2.45) is 0 Å². The minimum absolute atomic E-state index is 0.165. The highest BCUT2D eigenvalue weighted by Gasteiger charge is 2.28. The molecule has 0 aliphatic carbocycles. The van der Waals surface area contributed by atoms with E-state index in [2.05, 4.69) is 11.4 Å². The predicted octanol–water partition coefficient (Wildman–Crippen LogP) is 3.02. The maximum atomic E-state index is 12.6. The lowest BCUT2D eigenvalue weighted by molar-refractivity contribution is 0.0947. The van der Waals surface area contributed by atoms with Crippen molar-refractivity contribution in [3.05, 3.63) is 70.8 Å². The van der Waals surface area contributed by atoms with Gasteiger partial charge in [0.05, 0.1) is 6.04 Å². The third-order valence-electron chi connectivity index (χ3n) is 3.54. The number of benzene rings is 2. The summed E-state index contributed by atoms with van der Waals surface area (Å²) >= 11 is 0. The number of carbonyl (C=O) groups is 1. The van der Waals surface area contributed by atoms with Crippen molar-refractivity contribution in [1.82, 2.24) is 5.32 Å². The zero-order valence-electron chi connectivity index (χ0n) is 10.3. The smallest absolute Gasteiger partial charge is 0.184 e. The second-order valence-electron chi connectivity index (χ2n) is 4.69. The first kappa shape index (κ1) is 11.2. The lowest BCUT2D eigenvalue weighted by Gasteiger charge is -2.12. The molecule has 0 spiro atoms. The van der Waals surface area contributed by atoms with Gasteiger partial charge < -0.3 is 0 Å². The van der Waals surface area contributed by atoms with Crippen LogP contribution >= 0.6 is 0 Å². The Labute approximate surface area is 107 Å². The number of nitrogens with one attached hydrogen (secondary N) is 1. The Bertz CT molecular complexity index is 604. The maximum Gasteiger partial charge on any atom is 0.184 e. The largest absolute Gasteiger partial charge is 0.299 e. The van der Waals surface area contributed by atoms with Crippen LogP contribution in [-0.2, 0) is 6.54 Å². The number of fused-ring (bicyclic) bond motifs is 1. The highest BCUT2D eigenvalue weighted by Crippen LogP contribution is 2.28. The molecule has 0 saturated heterocycles. The second-order valence-corrected chi connectivity index (χ2v) is 4.69. The Morgan fingerprint density at radius 1 is 1.11 bits per heavy atom. The first-order valence-corrected chi connectivity index (χ1v) is 6.18. The lowest BCUT2D eigenvalue weighted by atomic mass is 9.95. The van der Waals surface area contributed by atoms with Crippen molar-refractivity contribution in [2.45, 2.75) is 19.5 Å². The van der Waals surface area contributed by atoms with E-state index in [1.165, 1.54) is 5.56 Å². The molecule has 0 saturated carbocycles. The van der Waals surface area contributed by atoms with E-state index in [-0.39, 0.29) is 11.8 Å². The van der Waals surface area contributed by atoms with Crippen LogP contribution in [0.15, 0.2) is 48.5 Å². The van der Waals surface area contributed by atoms with E-state index >= 15 is 0 Å². The summed E-state index contributed by atoms with van der Waals surface area (Å²) in [5.41, 5.74) is 4.19. The Morgan fingerprint density at radius 2 is 1.83 bits per heavy atom. The molecule has 90 valence electrons. The van der Waals surface area contributed by atoms with E-state index in [9.17, 15) is 4.79 Å². The average molecular weight is 237 g/mol. The topological polar surface area (TPSA) is 29.1 Å². The van der Waals surface area contributed by atoms with Gasteiger partial charge in [-0.3, -0.25) is 10.1 Å². The summed E-state index contributed by atoms with van der Waals surface area (Å²) in [7, 11) is 0. The Kier molecular flexibility index (Phi) is 2.73. The van der Waals surface area contributed by atoms with E-state index < -0.39 is 0 Å². The number of carbonyl (C=O) groups excluding carboxylic acids is 1. The van der Waals surface area contributed by atoms with Crippen molar-refractivity contribution in [1.29, 1.82) is 0 Å². The lowest BCUT2D eigenvalue weighted by Crippen LogP contribution is -2.22. The molecule has 1 aliphatic rings. The fourth-order valence-corrected chi connectivity index (χ4v) is 2.54. The molecule has 3 rings (SSSR count). The summed E-state index contributed by atoms with van der Waals surface area (Å²) < 4.78 is 0. The Morgan fingerprint density at radius 3 is 2.67 bits per heavy atom. The van der Waals surface area contributed by atoms with E-state index in [4.69, 9.17) is 0 Å². The van der Waals surface area contributed by atoms with Gasteiger partial charge in [0.1, 0.15) is 0 Å². The van der Waals surface area contributed by atoms with Crippen molar-refractivity contribution >= 4 is 5.78 Å². The van der Waals surface area contributed by atoms with Crippen LogP contribution < -0.4 is 5.32 Å². The molecule has 18 heavy (non-hydrogen) atoms. The quantitative estimate of drug-likeness (QED) is 0.813. The van der Waals surface area contributed by atoms with Crippen molar-refractivity contribution in [2.75, 3.05) is 0 Å². The van der Waals surface area contributed by atoms with E-state index in [1.807, 2.05) is 49.4 Å². The summed E-state index contributed by atoms with van der Waals surface area (Å²) in [4.78, 5) is 12.6. The van der Waals surface area contributed by atoms with Gasteiger partial charge >= 0.3 is 0 Å². The number of hydrogen-bond acceptors (Lipinski definition) is 2. The van der Waals surface area contributed by atoms with Crippen LogP contribution in [0.4, 0.5) is 0 Å². The molecule has 1 heterocycles. The third kappa shape index (κ3) is 1.75. The van der Waals surface area contributed by atoms with E-state index in [0.717, 1.165) is 23.2 Å². The fraction of sp³-hybridized carbons (Fsp3) is 0.188. The molecule has 2 heteroatoms. The molecular formula is C16H15NO. The number of aryl methyl sites for hydroxylation is 1. The molecule has 1 unspecified atom stereocenters. The monoisotopic (exact) mass is 237 g/mol. The van der Waals surface area contributed by atoms with Crippen molar-refractivity contribution in [3.8, 4) is 0 Å². The van der Waals surface area contributed by atoms with Gasteiger partial charge in [-0.1, -0.05) is 48.5 Å². The number of Topliss-reactive ketones (excluding diaryl/α,β-unsaturated/α-hetero) is 1. The minimum atomic E-state index is -0.192. The fourth-order valence-electron chi connectivity index (χ4n) is 2.54. The number of ketones is 1. The van der Waals surface area contributed by atoms with Gasteiger partial charge in [-0.05, 0) is 23.6 Å². The molecule has 0 aromatic heterocycles. The first-order chi connectivity index (χ1) is 8.77. The van der Waals surface area contributed by atoms with Gasteiger partial charge in [0, 0.05) is 12.1 Å². The molecular weight excluding hydrogens is 222 g/mol. The molecule has 0 radical (unpaired) electrons. The molecule has 0 bridgehead atoms. The maximum absolute atomic E-state index is 12.6. The normalized spacial score (nSPS) is 17.5. The Balaban J connectivity index is 1.99. The highest BCUT2D eigenvalue weighted by molar-refractivity contribution is 6.02. The standard InChI is InChI=1S/C16H15NO/c1-11-6-2-4-8-13(11)16(18)15-14-9-5-3-7-12(14)10-17-15/h2-9,15,17H,10H2,1H3. The summed E-state index contributed by atoms with van der Waals surface area (Å²) in [6.45, 7) is 2.76. The minimum Gasteiger partial charge on any atom is -0.299 e. The van der Waals surface area contributed by atoms with Crippen LogP contribution in [0.25, 0.3) is 0 Å². The summed E-state index contributed by atoms with van der Waals surface area (Å²) in [6, 6.07) is 15.7. The number of hydrogen-bond donors (Lipinski definition) is 1. The van der Waals surface area contributed by atoms with Crippen LogP contribution in [0.3, 0.4) is 0 Å². The molecule has 2 aromatic rings. The van der Waals surface area contributed by atoms with Gasteiger partial charge in [0.25, 0.3) is 0 Å². The summed E-state index contributed by atoms with van der Waals surface area (Å²) in [6.07, 6.45) is 0. The second kappa shape index (κ2) is 4.39. The van der Waals surface area contributed by atoms with Gasteiger partial charge in [-0.25, -0.2) is 0 Å². The van der Waals surface area contributed by atoms with Crippen LogP contribution in [0.1, 0.15) is 33.1 Å². The molecule has 1 atom stereocenters. The van der Waals surface area contributed by atoms with Crippen LogP contribution in [-0.4, -0.2) is 5.78 Å². The summed E-state index contributed by atoms with van der Waals surface area (Å²) in [5.74, 6) is 0.165. The van der Waals surface area contributed by atoms with Crippen LogP contribution in [0.2, 0.25) is 0 Å². The molecule has 0 fully saturated rings. The highest BCUT2D eigenvalue weighted by atomic mass is 16.1. The van der Waals surface area contributed by atoms with Gasteiger partial charge in [-0.2, -0.15) is 0 Å². The number of rotatable bonds is 2. The predicted molar refractivity (Wildman–Crippen MR) is 71.5 cm³/mol. The third-order valence-corrected chi connectivity index (χ3v) is 3.54. The molecule has 2 nitrogen and oxygen atoms in total. The van der Waals surface area contributed by atoms with E-state index in [1.54, 1.807) is 0 Å². The first-order valence-electron chi connectivity index (χ1n) is 6.18. The SMILES string of the molecule is Cc1ccccc1C(=O)C1NCc2ccccc21. The van der Waals surface area contributed by atoms with Gasteiger partial charge in [0.2, 0.25) is 0 Å². The zero-order valence-corrected chi connectivity index (χ0v) is 10.3. The molecule has 0 amide bonds. The summed E-state index contributed by atoms with van der Waals surface area (Å²) in [5, 5.41) is 3.30. The van der Waals surface area contributed by atoms with Crippen LogP contribution in [0.5, 0.6) is 0 Å². The molecule has 1 N–H and O–H groups in total. The van der Waals surface area contributed by atoms with Gasteiger partial charge in [-0.15, -0.1) is 0 Å². The van der Waals surface area contributed by atoms with Crippen LogP contribution in [0, 0.1) is 6.92 Å². The zero-order chi connectivity index (χ0) is 12.5. The molecule has 2 aromatic carbocycles. The van der Waals surface area contributed by atoms with E-state index in [0.29, 0.717) is 0 Å². The van der Waals surface area contributed by atoms with Gasteiger partial charge in [0.15, 0.2) is 5.78 Å². The Hall–Kier alpha value is -1.93. The molecule has 1 aliphatic heterocycles.